The lowest BCUT2D eigenvalue weighted by Crippen LogP contribution is -2.48. The van der Waals surface area contributed by atoms with Crippen LogP contribution in [-0.4, -0.2) is 65.9 Å². The van der Waals surface area contributed by atoms with Crippen molar-refractivity contribution in [3.8, 4) is 0 Å². The predicted molar refractivity (Wildman–Crippen MR) is 152 cm³/mol. The number of hydrogen-bond acceptors (Lipinski definition) is 7. The summed E-state index contributed by atoms with van der Waals surface area (Å²) in [7, 11) is 0. The van der Waals surface area contributed by atoms with Gasteiger partial charge in [0.05, 0.1) is 10.4 Å². The van der Waals surface area contributed by atoms with E-state index in [1.165, 1.54) is 31.4 Å². The van der Waals surface area contributed by atoms with Crippen LogP contribution in [-0.2, 0) is 9.59 Å². The highest BCUT2D eigenvalue weighted by Gasteiger charge is 2.22. The number of amides is 2. The van der Waals surface area contributed by atoms with Gasteiger partial charge in [-0.15, -0.1) is 0 Å². The minimum atomic E-state index is -0.416. The monoisotopic (exact) mass is 530 g/mol. The molecule has 1 N–H and O–H groups in total. The highest BCUT2D eigenvalue weighted by molar-refractivity contribution is 5.96. The number of rotatable bonds is 7. The summed E-state index contributed by atoms with van der Waals surface area (Å²) in [5.41, 5.74) is 3.70. The van der Waals surface area contributed by atoms with Crippen molar-refractivity contribution in [3.05, 3.63) is 64.2 Å². The maximum atomic E-state index is 12.7. The Kier molecular flexibility index (Phi) is 7.90. The smallest absolute Gasteiger partial charge is 0.269 e. The molecule has 3 heterocycles. The van der Waals surface area contributed by atoms with Crippen molar-refractivity contribution in [2.24, 2.45) is 0 Å². The number of aromatic nitrogens is 1. The van der Waals surface area contributed by atoms with Crippen LogP contribution in [0.5, 0.6) is 0 Å². The molecule has 10 nitrogen and oxygen atoms in total. The number of fused-ring (bicyclic) bond motifs is 1. The van der Waals surface area contributed by atoms with E-state index in [-0.39, 0.29) is 30.3 Å². The summed E-state index contributed by atoms with van der Waals surface area (Å²) in [6.07, 6.45) is 3.94. The highest BCUT2D eigenvalue weighted by Crippen LogP contribution is 2.27. The number of nitro benzene ring substituents is 1. The summed E-state index contributed by atoms with van der Waals surface area (Å²) in [4.78, 5) is 46.9. The molecule has 0 saturated carbocycles. The summed E-state index contributed by atoms with van der Waals surface area (Å²) >= 11 is 0. The number of carbonyl (C=O) groups excluding carboxylic acids is 2. The van der Waals surface area contributed by atoms with Crippen LogP contribution in [0.1, 0.15) is 37.7 Å². The van der Waals surface area contributed by atoms with Gasteiger partial charge in [0.1, 0.15) is 5.82 Å². The summed E-state index contributed by atoms with van der Waals surface area (Å²) in [5.74, 6) is 0.781. The molecule has 10 heteroatoms. The zero-order valence-electron chi connectivity index (χ0n) is 22.3. The minimum absolute atomic E-state index is 0.0442. The molecule has 0 atom stereocenters. The Bertz CT molecular complexity index is 1360. The molecule has 2 aromatic carbocycles. The summed E-state index contributed by atoms with van der Waals surface area (Å²) in [5, 5.41) is 14.8. The third-order valence-electron chi connectivity index (χ3n) is 7.59. The van der Waals surface area contributed by atoms with E-state index < -0.39 is 4.92 Å². The third-order valence-corrected chi connectivity index (χ3v) is 7.59. The molecule has 2 fully saturated rings. The summed E-state index contributed by atoms with van der Waals surface area (Å²) in [6.45, 7) is 6.53. The molecule has 0 aliphatic carbocycles. The molecule has 2 aliphatic rings. The fourth-order valence-electron chi connectivity index (χ4n) is 5.34. The lowest BCUT2D eigenvalue weighted by atomic mass is 10.1. The van der Waals surface area contributed by atoms with Gasteiger partial charge in [-0.3, -0.25) is 19.7 Å². The number of benzene rings is 2. The van der Waals surface area contributed by atoms with Crippen LogP contribution in [0.4, 0.5) is 22.9 Å². The number of hydrogen-bond donors (Lipinski definition) is 1. The number of anilines is 3. The van der Waals surface area contributed by atoms with Gasteiger partial charge in [-0.05, 0) is 68.1 Å². The van der Waals surface area contributed by atoms with Crippen LogP contribution < -0.4 is 15.1 Å². The topological polar surface area (TPSA) is 112 Å². The van der Waals surface area contributed by atoms with Crippen LogP contribution in [0.3, 0.4) is 0 Å². The van der Waals surface area contributed by atoms with Crippen molar-refractivity contribution in [1.82, 2.24) is 9.88 Å². The molecule has 2 amide bonds. The quantitative estimate of drug-likeness (QED) is 0.353. The number of non-ortho nitro benzene ring substituents is 1. The Morgan fingerprint density at radius 2 is 1.62 bits per heavy atom. The number of nitrogens with one attached hydrogen (secondary N) is 1. The van der Waals surface area contributed by atoms with E-state index >= 15 is 0 Å². The van der Waals surface area contributed by atoms with E-state index in [1.807, 2.05) is 18.2 Å². The lowest BCUT2D eigenvalue weighted by Gasteiger charge is -2.36. The minimum Gasteiger partial charge on any atom is -0.368 e. The first-order valence-electron chi connectivity index (χ1n) is 13.6. The predicted octanol–water partition coefficient (Wildman–Crippen LogP) is 4.51. The number of piperidine rings is 1. The van der Waals surface area contributed by atoms with Crippen molar-refractivity contribution in [1.29, 1.82) is 0 Å². The number of nitrogens with zero attached hydrogens (tertiary/aromatic N) is 5. The number of piperazine rings is 1. The van der Waals surface area contributed by atoms with E-state index in [2.05, 4.69) is 28.1 Å². The van der Waals surface area contributed by atoms with Gasteiger partial charge in [0.25, 0.3) is 5.69 Å². The van der Waals surface area contributed by atoms with Crippen LogP contribution in [0.2, 0.25) is 0 Å². The Labute approximate surface area is 227 Å². The standard InChI is InChI=1S/C29H34N6O4/c1-21-19-27(33-13-3-2-4-14-33)31-26-10-5-22(20-25(21)26)30-28(36)11-12-29(37)34-17-15-32(16-18-34)23-6-8-24(9-7-23)35(38)39/h5-10,19-20H,2-4,11-18H2,1H3,(H,30,36). The Balaban J connectivity index is 1.11. The average Bonchev–Trinajstić information content (AvgIpc) is 2.96. The van der Waals surface area contributed by atoms with E-state index in [4.69, 9.17) is 4.98 Å². The third kappa shape index (κ3) is 6.27. The van der Waals surface area contributed by atoms with Crippen LogP contribution in [0.15, 0.2) is 48.5 Å². The molecule has 204 valence electrons. The zero-order valence-corrected chi connectivity index (χ0v) is 22.3. The molecular formula is C29H34N6O4. The highest BCUT2D eigenvalue weighted by atomic mass is 16.6. The number of aryl methyl sites for hydroxylation is 1. The van der Waals surface area contributed by atoms with Crippen molar-refractivity contribution in [2.45, 2.75) is 39.0 Å². The second-order valence-electron chi connectivity index (χ2n) is 10.3. The fraction of sp³-hybridized carbons (Fsp3) is 0.414. The van der Waals surface area contributed by atoms with Gasteiger partial charge in [-0.1, -0.05) is 0 Å². The van der Waals surface area contributed by atoms with Gasteiger partial charge in [-0.25, -0.2) is 4.98 Å². The second kappa shape index (κ2) is 11.7. The van der Waals surface area contributed by atoms with Crippen molar-refractivity contribution in [2.75, 3.05) is 54.4 Å². The summed E-state index contributed by atoms with van der Waals surface area (Å²) < 4.78 is 0. The molecule has 0 unspecified atom stereocenters. The first kappa shape index (κ1) is 26.4. The van der Waals surface area contributed by atoms with Crippen molar-refractivity contribution < 1.29 is 14.5 Å². The molecule has 0 spiro atoms. The molecule has 3 aromatic rings. The Hall–Kier alpha value is -4.21. The number of nitro groups is 1. The van der Waals surface area contributed by atoms with Gasteiger partial charge in [0.15, 0.2) is 0 Å². The molecular weight excluding hydrogens is 496 g/mol. The van der Waals surface area contributed by atoms with E-state index in [9.17, 15) is 19.7 Å². The van der Waals surface area contributed by atoms with Crippen LogP contribution in [0, 0.1) is 17.0 Å². The largest absolute Gasteiger partial charge is 0.368 e. The van der Waals surface area contributed by atoms with Crippen LogP contribution in [0.25, 0.3) is 10.9 Å². The number of carbonyl (C=O) groups is 2. The van der Waals surface area contributed by atoms with Gasteiger partial charge in [-0.2, -0.15) is 0 Å². The Morgan fingerprint density at radius 1 is 0.897 bits per heavy atom. The van der Waals surface area contributed by atoms with Crippen molar-refractivity contribution >= 4 is 45.6 Å². The zero-order chi connectivity index (χ0) is 27.4. The second-order valence-corrected chi connectivity index (χ2v) is 10.3. The van der Waals surface area contributed by atoms with E-state index in [0.717, 1.165) is 41.1 Å². The van der Waals surface area contributed by atoms with Gasteiger partial charge >= 0.3 is 0 Å². The molecule has 1 aromatic heterocycles. The van der Waals surface area contributed by atoms with E-state index in [0.29, 0.717) is 31.9 Å². The summed E-state index contributed by atoms with van der Waals surface area (Å²) in [6, 6.07) is 14.3. The van der Waals surface area contributed by atoms with Crippen molar-refractivity contribution in [3.63, 3.8) is 0 Å². The average molecular weight is 531 g/mol. The first-order chi connectivity index (χ1) is 18.9. The molecule has 39 heavy (non-hydrogen) atoms. The fourth-order valence-corrected chi connectivity index (χ4v) is 5.34. The van der Waals surface area contributed by atoms with Gasteiger partial charge in [0, 0.05) is 81.0 Å². The SMILES string of the molecule is Cc1cc(N2CCCCC2)nc2ccc(NC(=O)CCC(=O)N3CCN(c4ccc([N+](=O)[O-])cc4)CC3)cc12. The van der Waals surface area contributed by atoms with Gasteiger partial charge in [0.2, 0.25) is 11.8 Å². The van der Waals surface area contributed by atoms with E-state index in [1.54, 1.807) is 17.0 Å². The molecule has 0 bridgehead atoms. The molecule has 0 radical (unpaired) electrons. The molecule has 5 rings (SSSR count). The number of pyridine rings is 1. The van der Waals surface area contributed by atoms with Crippen LogP contribution >= 0.6 is 0 Å². The molecule has 2 saturated heterocycles. The Morgan fingerprint density at radius 3 is 2.31 bits per heavy atom. The maximum absolute atomic E-state index is 12.7. The lowest BCUT2D eigenvalue weighted by molar-refractivity contribution is -0.384. The van der Waals surface area contributed by atoms with Gasteiger partial charge < -0.3 is 20.0 Å². The first-order valence-corrected chi connectivity index (χ1v) is 13.6. The molecule has 2 aliphatic heterocycles. The maximum Gasteiger partial charge on any atom is 0.269 e. The normalized spacial score (nSPS) is 15.9.